The predicted molar refractivity (Wildman–Crippen MR) is 70.2 cm³/mol. The molecule has 0 aliphatic carbocycles. The highest BCUT2D eigenvalue weighted by Gasteiger charge is 2.05. The van der Waals surface area contributed by atoms with Crippen molar-refractivity contribution in [1.82, 2.24) is 9.55 Å². The van der Waals surface area contributed by atoms with E-state index >= 15 is 0 Å². The maximum atomic E-state index is 4.56. The smallest absolute Gasteiger partial charge is 0.109 e. The first-order valence-electron chi connectivity index (χ1n) is 4.81. The highest BCUT2D eigenvalue weighted by molar-refractivity contribution is 14.0. The Morgan fingerprint density at radius 1 is 1.21 bits per heavy atom. The van der Waals surface area contributed by atoms with Gasteiger partial charge in [-0.15, -0.1) is 24.0 Å². The Balaban J connectivity index is 0.000000980. The molecule has 0 atom stereocenters. The first-order valence-corrected chi connectivity index (χ1v) is 4.81. The second-order valence-electron chi connectivity index (χ2n) is 3.11. The van der Waals surface area contributed by atoms with Crippen LogP contribution in [-0.4, -0.2) is 9.55 Å². The molecule has 0 aliphatic rings. The van der Waals surface area contributed by atoms with Crippen molar-refractivity contribution in [3.63, 3.8) is 0 Å². The summed E-state index contributed by atoms with van der Waals surface area (Å²) in [6.07, 6.45) is 1.00. The SMILES string of the molecule is CCc1nc2ccccc2n1CC.I. The molecular weight excluding hydrogens is 287 g/mol. The van der Waals surface area contributed by atoms with E-state index < -0.39 is 0 Å². The molecular formula is C11H15IN2. The third kappa shape index (κ3) is 1.78. The second-order valence-corrected chi connectivity index (χ2v) is 3.11. The summed E-state index contributed by atoms with van der Waals surface area (Å²) in [4.78, 5) is 4.56. The van der Waals surface area contributed by atoms with Crippen molar-refractivity contribution in [2.45, 2.75) is 26.8 Å². The van der Waals surface area contributed by atoms with Gasteiger partial charge in [-0.2, -0.15) is 0 Å². The van der Waals surface area contributed by atoms with Gasteiger partial charge in [0.25, 0.3) is 0 Å². The quantitative estimate of drug-likeness (QED) is 0.779. The number of hydrogen-bond donors (Lipinski definition) is 0. The monoisotopic (exact) mass is 302 g/mol. The molecule has 0 fully saturated rings. The number of aromatic nitrogens is 2. The molecule has 0 spiro atoms. The van der Waals surface area contributed by atoms with Gasteiger partial charge < -0.3 is 4.57 Å². The molecule has 0 radical (unpaired) electrons. The van der Waals surface area contributed by atoms with Crippen LogP contribution in [0.5, 0.6) is 0 Å². The van der Waals surface area contributed by atoms with E-state index in [1.54, 1.807) is 0 Å². The standard InChI is InChI=1S/C11H14N2.HI/c1-3-11-12-9-7-5-6-8-10(9)13(11)4-2;/h5-8H,3-4H2,1-2H3;1H. The Kier molecular flexibility index (Phi) is 3.92. The molecule has 0 saturated heterocycles. The Morgan fingerprint density at radius 3 is 2.57 bits per heavy atom. The van der Waals surface area contributed by atoms with E-state index in [0.29, 0.717) is 0 Å². The van der Waals surface area contributed by atoms with Crippen molar-refractivity contribution in [3.8, 4) is 0 Å². The Labute approximate surface area is 101 Å². The van der Waals surface area contributed by atoms with Gasteiger partial charge in [0, 0.05) is 13.0 Å². The molecule has 2 aromatic rings. The summed E-state index contributed by atoms with van der Waals surface area (Å²) in [5.41, 5.74) is 2.36. The number of fused-ring (bicyclic) bond motifs is 1. The van der Waals surface area contributed by atoms with Crippen molar-refractivity contribution < 1.29 is 0 Å². The summed E-state index contributed by atoms with van der Waals surface area (Å²) < 4.78 is 2.27. The van der Waals surface area contributed by atoms with Crippen LogP contribution in [0.15, 0.2) is 24.3 Å². The minimum absolute atomic E-state index is 0. The van der Waals surface area contributed by atoms with Crippen LogP contribution < -0.4 is 0 Å². The first-order chi connectivity index (χ1) is 6.36. The zero-order valence-electron chi connectivity index (χ0n) is 8.53. The molecule has 76 valence electrons. The van der Waals surface area contributed by atoms with Gasteiger partial charge >= 0.3 is 0 Å². The molecule has 3 heteroatoms. The van der Waals surface area contributed by atoms with E-state index in [2.05, 4.69) is 41.6 Å². The van der Waals surface area contributed by atoms with Crippen LogP contribution in [0.3, 0.4) is 0 Å². The fourth-order valence-electron chi connectivity index (χ4n) is 1.75. The minimum Gasteiger partial charge on any atom is -0.328 e. The van der Waals surface area contributed by atoms with Crippen molar-refractivity contribution in [2.24, 2.45) is 0 Å². The van der Waals surface area contributed by atoms with Gasteiger partial charge in [-0.25, -0.2) is 4.98 Å². The third-order valence-corrected chi connectivity index (χ3v) is 2.37. The lowest BCUT2D eigenvalue weighted by Crippen LogP contribution is -1.99. The molecule has 1 aromatic carbocycles. The number of para-hydroxylation sites is 2. The molecule has 0 N–H and O–H groups in total. The number of hydrogen-bond acceptors (Lipinski definition) is 1. The van der Waals surface area contributed by atoms with E-state index in [1.807, 2.05) is 6.07 Å². The summed E-state index contributed by atoms with van der Waals surface area (Å²) >= 11 is 0. The lowest BCUT2D eigenvalue weighted by Gasteiger charge is -2.02. The highest BCUT2D eigenvalue weighted by Crippen LogP contribution is 2.15. The zero-order valence-corrected chi connectivity index (χ0v) is 10.9. The molecule has 1 aromatic heterocycles. The number of halogens is 1. The predicted octanol–water partition coefficient (Wildman–Crippen LogP) is 3.24. The van der Waals surface area contributed by atoms with Crippen LogP contribution in [0.25, 0.3) is 11.0 Å². The molecule has 2 rings (SSSR count). The van der Waals surface area contributed by atoms with Crippen LogP contribution in [0.1, 0.15) is 19.7 Å². The molecule has 0 unspecified atom stereocenters. The number of nitrogens with zero attached hydrogens (tertiary/aromatic N) is 2. The summed E-state index contributed by atoms with van der Waals surface area (Å²) in [5.74, 6) is 1.18. The van der Waals surface area contributed by atoms with Crippen LogP contribution in [0, 0.1) is 0 Å². The van der Waals surface area contributed by atoms with E-state index in [9.17, 15) is 0 Å². The summed E-state index contributed by atoms with van der Waals surface area (Å²) in [6, 6.07) is 8.30. The number of aryl methyl sites for hydroxylation is 2. The van der Waals surface area contributed by atoms with Crippen LogP contribution >= 0.6 is 24.0 Å². The zero-order chi connectivity index (χ0) is 9.26. The average Bonchev–Trinajstić information content (AvgIpc) is 2.55. The van der Waals surface area contributed by atoms with Gasteiger partial charge in [0.05, 0.1) is 11.0 Å². The van der Waals surface area contributed by atoms with E-state index in [-0.39, 0.29) is 24.0 Å². The van der Waals surface area contributed by atoms with Crippen molar-refractivity contribution in [1.29, 1.82) is 0 Å². The second kappa shape index (κ2) is 4.77. The van der Waals surface area contributed by atoms with E-state index in [4.69, 9.17) is 0 Å². The molecule has 0 amide bonds. The van der Waals surface area contributed by atoms with Crippen molar-refractivity contribution in [3.05, 3.63) is 30.1 Å². The van der Waals surface area contributed by atoms with Gasteiger partial charge in [-0.05, 0) is 19.1 Å². The van der Waals surface area contributed by atoms with Crippen LogP contribution in [0.2, 0.25) is 0 Å². The van der Waals surface area contributed by atoms with E-state index in [0.717, 1.165) is 18.5 Å². The number of imidazole rings is 1. The average molecular weight is 302 g/mol. The van der Waals surface area contributed by atoms with Gasteiger partial charge in [0.15, 0.2) is 0 Å². The number of rotatable bonds is 2. The van der Waals surface area contributed by atoms with Gasteiger partial charge in [0.2, 0.25) is 0 Å². The number of benzene rings is 1. The Morgan fingerprint density at radius 2 is 1.93 bits per heavy atom. The van der Waals surface area contributed by atoms with Crippen LogP contribution in [-0.2, 0) is 13.0 Å². The van der Waals surface area contributed by atoms with Gasteiger partial charge in [-0.3, -0.25) is 0 Å². The van der Waals surface area contributed by atoms with Crippen molar-refractivity contribution >= 4 is 35.0 Å². The van der Waals surface area contributed by atoms with Crippen LogP contribution in [0.4, 0.5) is 0 Å². The largest absolute Gasteiger partial charge is 0.328 e. The summed E-state index contributed by atoms with van der Waals surface area (Å²) in [5, 5.41) is 0. The molecule has 0 bridgehead atoms. The maximum Gasteiger partial charge on any atom is 0.109 e. The minimum atomic E-state index is 0. The Bertz CT molecular complexity index is 420. The molecule has 0 aliphatic heterocycles. The third-order valence-electron chi connectivity index (χ3n) is 2.37. The maximum absolute atomic E-state index is 4.56. The molecule has 1 heterocycles. The fourth-order valence-corrected chi connectivity index (χ4v) is 1.75. The van der Waals surface area contributed by atoms with Crippen molar-refractivity contribution in [2.75, 3.05) is 0 Å². The molecule has 2 nitrogen and oxygen atoms in total. The topological polar surface area (TPSA) is 17.8 Å². The first kappa shape index (κ1) is 11.5. The lowest BCUT2D eigenvalue weighted by atomic mass is 10.3. The fraction of sp³-hybridized carbons (Fsp3) is 0.364. The van der Waals surface area contributed by atoms with Gasteiger partial charge in [0.1, 0.15) is 5.82 Å². The highest BCUT2D eigenvalue weighted by atomic mass is 127. The summed E-state index contributed by atoms with van der Waals surface area (Å²) in [6.45, 7) is 5.31. The van der Waals surface area contributed by atoms with E-state index in [1.165, 1.54) is 11.3 Å². The lowest BCUT2D eigenvalue weighted by molar-refractivity contribution is 0.726. The normalized spacial score (nSPS) is 10.1. The Hall–Kier alpha value is -0.580. The molecule has 0 saturated carbocycles. The van der Waals surface area contributed by atoms with Gasteiger partial charge in [-0.1, -0.05) is 19.1 Å². The molecule has 14 heavy (non-hydrogen) atoms. The summed E-state index contributed by atoms with van der Waals surface area (Å²) in [7, 11) is 0.